The highest BCUT2D eigenvalue weighted by Crippen LogP contribution is 2.20. The Morgan fingerprint density at radius 3 is 3.06 bits per heavy atom. The lowest BCUT2D eigenvalue weighted by Gasteiger charge is -2.11. The first-order chi connectivity index (χ1) is 7.74. The van der Waals surface area contributed by atoms with Crippen LogP contribution < -0.4 is 10.1 Å². The SMILES string of the molecule is CCOc1cccnc1NCCCC(C)O. The topological polar surface area (TPSA) is 54.4 Å². The van der Waals surface area contributed by atoms with Gasteiger partial charge in [0.15, 0.2) is 11.6 Å². The number of hydrogen-bond acceptors (Lipinski definition) is 4. The summed E-state index contributed by atoms with van der Waals surface area (Å²) in [6, 6.07) is 3.75. The van der Waals surface area contributed by atoms with Gasteiger partial charge in [0, 0.05) is 12.7 Å². The summed E-state index contributed by atoms with van der Waals surface area (Å²) >= 11 is 0. The molecular weight excluding hydrogens is 204 g/mol. The standard InChI is InChI=1S/C12H20N2O2/c1-3-16-11-7-5-9-14-12(11)13-8-4-6-10(2)15/h5,7,9-10,15H,3-4,6,8H2,1-2H3,(H,13,14). The first-order valence-electron chi connectivity index (χ1n) is 5.73. The second-order valence-corrected chi connectivity index (χ2v) is 3.70. The van der Waals surface area contributed by atoms with Gasteiger partial charge < -0.3 is 15.2 Å². The van der Waals surface area contributed by atoms with Crippen LogP contribution in [0, 0.1) is 0 Å². The minimum absolute atomic E-state index is 0.239. The minimum Gasteiger partial charge on any atom is -0.490 e. The molecule has 90 valence electrons. The fourth-order valence-electron chi connectivity index (χ4n) is 1.40. The van der Waals surface area contributed by atoms with E-state index in [4.69, 9.17) is 9.84 Å². The summed E-state index contributed by atoms with van der Waals surface area (Å²) in [5.74, 6) is 1.55. The highest BCUT2D eigenvalue weighted by Gasteiger charge is 2.03. The lowest BCUT2D eigenvalue weighted by Crippen LogP contribution is -2.08. The van der Waals surface area contributed by atoms with Gasteiger partial charge in [-0.05, 0) is 38.8 Å². The Hall–Kier alpha value is -1.29. The zero-order chi connectivity index (χ0) is 11.8. The molecule has 0 saturated carbocycles. The second-order valence-electron chi connectivity index (χ2n) is 3.70. The molecule has 1 atom stereocenters. The summed E-state index contributed by atoms with van der Waals surface area (Å²) < 4.78 is 5.44. The van der Waals surface area contributed by atoms with Gasteiger partial charge in [0.1, 0.15) is 0 Å². The molecule has 0 aliphatic carbocycles. The lowest BCUT2D eigenvalue weighted by atomic mass is 10.2. The zero-order valence-corrected chi connectivity index (χ0v) is 9.94. The molecule has 2 N–H and O–H groups in total. The van der Waals surface area contributed by atoms with E-state index in [9.17, 15) is 0 Å². The summed E-state index contributed by atoms with van der Waals surface area (Å²) in [5, 5.41) is 12.3. The molecule has 4 heteroatoms. The van der Waals surface area contributed by atoms with Gasteiger partial charge in [-0.2, -0.15) is 0 Å². The van der Waals surface area contributed by atoms with E-state index < -0.39 is 0 Å². The predicted octanol–water partition coefficient (Wildman–Crippen LogP) is 2.05. The van der Waals surface area contributed by atoms with Gasteiger partial charge in [0.25, 0.3) is 0 Å². The molecule has 1 unspecified atom stereocenters. The van der Waals surface area contributed by atoms with Crippen LogP contribution in [-0.4, -0.2) is 29.3 Å². The van der Waals surface area contributed by atoms with Crippen molar-refractivity contribution in [2.24, 2.45) is 0 Å². The van der Waals surface area contributed by atoms with E-state index in [1.165, 1.54) is 0 Å². The smallest absolute Gasteiger partial charge is 0.168 e. The van der Waals surface area contributed by atoms with Crippen molar-refractivity contribution in [1.29, 1.82) is 0 Å². The molecule has 1 rings (SSSR count). The Bertz CT molecular complexity index is 303. The summed E-state index contributed by atoms with van der Waals surface area (Å²) in [6.07, 6.45) is 3.21. The van der Waals surface area contributed by atoms with E-state index in [0.29, 0.717) is 6.61 Å². The first-order valence-corrected chi connectivity index (χ1v) is 5.73. The fraction of sp³-hybridized carbons (Fsp3) is 0.583. The number of pyridine rings is 1. The Morgan fingerprint density at radius 2 is 2.38 bits per heavy atom. The number of nitrogens with zero attached hydrogens (tertiary/aromatic N) is 1. The van der Waals surface area contributed by atoms with Gasteiger partial charge in [-0.25, -0.2) is 4.98 Å². The maximum absolute atomic E-state index is 9.12. The Balaban J connectivity index is 2.40. The van der Waals surface area contributed by atoms with Crippen molar-refractivity contribution in [1.82, 2.24) is 4.98 Å². The largest absolute Gasteiger partial charge is 0.490 e. The van der Waals surface area contributed by atoms with E-state index >= 15 is 0 Å². The Labute approximate surface area is 96.7 Å². The number of hydrogen-bond donors (Lipinski definition) is 2. The van der Waals surface area contributed by atoms with Crippen molar-refractivity contribution >= 4 is 5.82 Å². The van der Waals surface area contributed by atoms with Crippen LogP contribution in [-0.2, 0) is 0 Å². The van der Waals surface area contributed by atoms with Crippen LogP contribution in [0.15, 0.2) is 18.3 Å². The number of aliphatic hydroxyl groups is 1. The second kappa shape index (κ2) is 7.06. The number of anilines is 1. The van der Waals surface area contributed by atoms with Crippen molar-refractivity contribution in [2.75, 3.05) is 18.5 Å². The van der Waals surface area contributed by atoms with Crippen molar-refractivity contribution < 1.29 is 9.84 Å². The summed E-state index contributed by atoms with van der Waals surface area (Å²) in [4.78, 5) is 4.22. The maximum Gasteiger partial charge on any atom is 0.168 e. The van der Waals surface area contributed by atoms with Gasteiger partial charge in [-0.1, -0.05) is 0 Å². The monoisotopic (exact) mass is 224 g/mol. The fourth-order valence-corrected chi connectivity index (χ4v) is 1.40. The molecule has 4 nitrogen and oxygen atoms in total. The quantitative estimate of drug-likeness (QED) is 0.696. The van der Waals surface area contributed by atoms with Gasteiger partial charge in [0.05, 0.1) is 12.7 Å². The molecule has 0 aliphatic heterocycles. The Kier molecular flexibility index (Phi) is 5.64. The van der Waals surface area contributed by atoms with Crippen molar-refractivity contribution in [3.8, 4) is 5.75 Å². The third-order valence-electron chi connectivity index (χ3n) is 2.16. The molecule has 0 fully saturated rings. The molecule has 0 aromatic carbocycles. The average Bonchev–Trinajstić information content (AvgIpc) is 2.26. The van der Waals surface area contributed by atoms with Crippen LogP contribution in [0.3, 0.4) is 0 Å². The molecule has 1 aromatic rings. The lowest BCUT2D eigenvalue weighted by molar-refractivity contribution is 0.183. The third kappa shape index (κ3) is 4.49. The van der Waals surface area contributed by atoms with Crippen molar-refractivity contribution in [2.45, 2.75) is 32.8 Å². The summed E-state index contributed by atoms with van der Waals surface area (Å²) in [6.45, 7) is 5.17. The highest BCUT2D eigenvalue weighted by molar-refractivity contribution is 5.49. The summed E-state index contributed by atoms with van der Waals surface area (Å²) in [5.41, 5.74) is 0. The Morgan fingerprint density at radius 1 is 1.56 bits per heavy atom. The molecule has 0 aliphatic rings. The molecular formula is C12H20N2O2. The third-order valence-corrected chi connectivity index (χ3v) is 2.16. The molecule has 1 aromatic heterocycles. The van der Waals surface area contributed by atoms with Crippen LogP contribution in [0.4, 0.5) is 5.82 Å². The molecule has 0 amide bonds. The number of rotatable bonds is 7. The maximum atomic E-state index is 9.12. The first kappa shape index (κ1) is 12.8. The number of ether oxygens (including phenoxy) is 1. The molecule has 16 heavy (non-hydrogen) atoms. The van der Waals surface area contributed by atoms with Gasteiger partial charge in [-0.15, -0.1) is 0 Å². The average molecular weight is 224 g/mol. The van der Waals surface area contributed by atoms with Crippen molar-refractivity contribution in [3.63, 3.8) is 0 Å². The van der Waals surface area contributed by atoms with Crippen LogP contribution >= 0.6 is 0 Å². The van der Waals surface area contributed by atoms with E-state index in [1.54, 1.807) is 13.1 Å². The van der Waals surface area contributed by atoms with Crippen molar-refractivity contribution in [3.05, 3.63) is 18.3 Å². The van der Waals surface area contributed by atoms with Gasteiger partial charge in [0.2, 0.25) is 0 Å². The van der Waals surface area contributed by atoms with E-state index in [2.05, 4.69) is 10.3 Å². The van der Waals surface area contributed by atoms with Crippen LogP contribution in [0.1, 0.15) is 26.7 Å². The number of aromatic nitrogens is 1. The molecule has 0 radical (unpaired) electrons. The van der Waals surface area contributed by atoms with E-state index in [0.717, 1.165) is 31.0 Å². The van der Waals surface area contributed by atoms with Gasteiger partial charge >= 0.3 is 0 Å². The van der Waals surface area contributed by atoms with Crippen LogP contribution in [0.2, 0.25) is 0 Å². The number of aliphatic hydroxyl groups excluding tert-OH is 1. The molecule has 0 spiro atoms. The van der Waals surface area contributed by atoms with Crippen LogP contribution in [0.25, 0.3) is 0 Å². The molecule has 0 saturated heterocycles. The predicted molar refractivity (Wildman–Crippen MR) is 64.8 cm³/mol. The molecule has 0 bridgehead atoms. The molecule has 1 heterocycles. The number of nitrogens with one attached hydrogen (secondary N) is 1. The zero-order valence-electron chi connectivity index (χ0n) is 9.94. The highest BCUT2D eigenvalue weighted by atomic mass is 16.5. The normalized spacial score (nSPS) is 12.2. The van der Waals surface area contributed by atoms with Crippen LogP contribution in [0.5, 0.6) is 5.75 Å². The van der Waals surface area contributed by atoms with E-state index in [1.807, 2.05) is 19.1 Å². The minimum atomic E-state index is -0.239. The van der Waals surface area contributed by atoms with E-state index in [-0.39, 0.29) is 6.10 Å². The summed E-state index contributed by atoms with van der Waals surface area (Å²) in [7, 11) is 0. The van der Waals surface area contributed by atoms with Gasteiger partial charge in [-0.3, -0.25) is 0 Å².